The highest BCUT2D eigenvalue weighted by atomic mass is 16.5. The average molecular weight is 186 g/mol. The molecule has 0 aliphatic carbocycles. The zero-order valence-corrected chi connectivity index (χ0v) is 7.60. The van der Waals surface area contributed by atoms with E-state index in [-0.39, 0.29) is 5.92 Å². The third-order valence-electron chi connectivity index (χ3n) is 2.55. The minimum absolute atomic E-state index is 0.265. The van der Waals surface area contributed by atoms with Crippen molar-refractivity contribution in [1.82, 2.24) is 9.97 Å². The van der Waals surface area contributed by atoms with Crippen LogP contribution in [0.4, 0.5) is 0 Å². The molecule has 3 rings (SSSR count). The summed E-state index contributed by atoms with van der Waals surface area (Å²) in [6, 6.07) is 8.11. The Bertz CT molecular complexity index is 436. The van der Waals surface area contributed by atoms with Gasteiger partial charge in [0.1, 0.15) is 18.2 Å². The largest absolute Gasteiger partial charge is 0.492 e. The molecule has 70 valence electrons. The van der Waals surface area contributed by atoms with Crippen molar-refractivity contribution in [3.8, 4) is 5.75 Å². The number of aromatic nitrogens is 2. The molecule has 1 atom stereocenters. The number of benzene rings is 1. The van der Waals surface area contributed by atoms with E-state index in [1.807, 2.05) is 24.4 Å². The highest BCUT2D eigenvalue weighted by molar-refractivity contribution is 5.42. The quantitative estimate of drug-likeness (QED) is 0.739. The summed E-state index contributed by atoms with van der Waals surface area (Å²) in [5.74, 6) is 2.23. The molecular formula is C11H10N2O. The monoisotopic (exact) mass is 186 g/mol. The average Bonchev–Trinajstić information content (AvgIpc) is 2.85. The Morgan fingerprint density at radius 1 is 1.36 bits per heavy atom. The number of imidazole rings is 1. The summed E-state index contributed by atoms with van der Waals surface area (Å²) in [5.41, 5.74) is 1.22. The van der Waals surface area contributed by atoms with Gasteiger partial charge in [-0.15, -0.1) is 0 Å². The van der Waals surface area contributed by atoms with Crippen molar-refractivity contribution in [2.24, 2.45) is 0 Å². The molecule has 0 spiro atoms. The Labute approximate surface area is 81.8 Å². The summed E-state index contributed by atoms with van der Waals surface area (Å²) < 4.78 is 5.57. The molecule has 0 saturated carbocycles. The number of nitrogens with one attached hydrogen (secondary N) is 1. The number of hydrogen-bond donors (Lipinski definition) is 1. The minimum atomic E-state index is 0.265. The lowest BCUT2D eigenvalue weighted by molar-refractivity contribution is 0.340. The molecule has 0 radical (unpaired) electrons. The molecule has 3 nitrogen and oxygen atoms in total. The van der Waals surface area contributed by atoms with Crippen LogP contribution in [0.5, 0.6) is 5.75 Å². The van der Waals surface area contributed by atoms with Crippen LogP contribution in [0.2, 0.25) is 0 Å². The van der Waals surface area contributed by atoms with Gasteiger partial charge in [-0.2, -0.15) is 0 Å². The van der Waals surface area contributed by atoms with Gasteiger partial charge in [-0.25, -0.2) is 4.98 Å². The summed E-state index contributed by atoms with van der Waals surface area (Å²) >= 11 is 0. The van der Waals surface area contributed by atoms with Crippen molar-refractivity contribution in [2.75, 3.05) is 6.61 Å². The first kappa shape index (κ1) is 7.62. The molecule has 3 heteroatoms. The van der Waals surface area contributed by atoms with Crippen LogP contribution in [-0.4, -0.2) is 16.6 Å². The summed E-state index contributed by atoms with van der Waals surface area (Å²) in [4.78, 5) is 7.39. The van der Waals surface area contributed by atoms with Crippen LogP contribution in [0.1, 0.15) is 17.3 Å². The van der Waals surface area contributed by atoms with Crippen LogP contribution < -0.4 is 4.74 Å². The van der Waals surface area contributed by atoms with Crippen molar-refractivity contribution in [3.63, 3.8) is 0 Å². The van der Waals surface area contributed by atoms with Crippen LogP contribution in [0.15, 0.2) is 36.7 Å². The fraction of sp³-hybridized carbons (Fsp3) is 0.182. The van der Waals surface area contributed by atoms with Gasteiger partial charge in [0.2, 0.25) is 0 Å². The predicted molar refractivity (Wildman–Crippen MR) is 52.4 cm³/mol. The van der Waals surface area contributed by atoms with E-state index in [1.54, 1.807) is 6.20 Å². The first-order chi connectivity index (χ1) is 6.95. The lowest BCUT2D eigenvalue weighted by Crippen LogP contribution is -2.04. The van der Waals surface area contributed by atoms with E-state index in [0.717, 1.165) is 11.6 Å². The van der Waals surface area contributed by atoms with Gasteiger partial charge in [0, 0.05) is 18.0 Å². The molecule has 1 N–H and O–H groups in total. The molecule has 1 aromatic heterocycles. The van der Waals surface area contributed by atoms with Gasteiger partial charge >= 0.3 is 0 Å². The van der Waals surface area contributed by atoms with Gasteiger partial charge in [-0.1, -0.05) is 18.2 Å². The van der Waals surface area contributed by atoms with E-state index in [4.69, 9.17) is 4.74 Å². The van der Waals surface area contributed by atoms with Gasteiger partial charge in [-0.05, 0) is 6.07 Å². The van der Waals surface area contributed by atoms with E-state index in [1.165, 1.54) is 5.56 Å². The number of hydrogen-bond acceptors (Lipinski definition) is 2. The topological polar surface area (TPSA) is 37.9 Å². The number of ether oxygens (including phenoxy) is 1. The van der Waals surface area contributed by atoms with Gasteiger partial charge in [0.25, 0.3) is 0 Å². The first-order valence-corrected chi connectivity index (χ1v) is 4.66. The second-order valence-electron chi connectivity index (χ2n) is 3.38. The van der Waals surface area contributed by atoms with Crippen molar-refractivity contribution >= 4 is 0 Å². The second-order valence-corrected chi connectivity index (χ2v) is 3.38. The number of rotatable bonds is 1. The van der Waals surface area contributed by atoms with Gasteiger partial charge in [0.15, 0.2) is 0 Å². The molecule has 2 heterocycles. The molecule has 14 heavy (non-hydrogen) atoms. The smallest absolute Gasteiger partial charge is 0.123 e. The number of H-pyrrole nitrogens is 1. The Kier molecular flexibility index (Phi) is 1.56. The highest BCUT2D eigenvalue weighted by Crippen LogP contribution is 2.36. The maximum Gasteiger partial charge on any atom is 0.123 e. The van der Waals surface area contributed by atoms with E-state index in [2.05, 4.69) is 16.0 Å². The minimum Gasteiger partial charge on any atom is -0.492 e. The van der Waals surface area contributed by atoms with Crippen molar-refractivity contribution in [3.05, 3.63) is 48.0 Å². The molecule has 0 saturated heterocycles. The van der Waals surface area contributed by atoms with Crippen LogP contribution in [-0.2, 0) is 0 Å². The summed E-state index contributed by atoms with van der Waals surface area (Å²) in [6.45, 7) is 0.687. The van der Waals surface area contributed by atoms with Crippen molar-refractivity contribution in [1.29, 1.82) is 0 Å². The zero-order valence-electron chi connectivity index (χ0n) is 7.60. The number of nitrogens with zero attached hydrogens (tertiary/aromatic N) is 1. The Balaban J connectivity index is 2.06. The molecule has 1 aliphatic heterocycles. The normalized spacial score (nSPS) is 19.0. The lowest BCUT2D eigenvalue weighted by atomic mass is 10.0. The second kappa shape index (κ2) is 2.87. The van der Waals surface area contributed by atoms with Crippen LogP contribution in [0, 0.1) is 0 Å². The van der Waals surface area contributed by atoms with E-state index >= 15 is 0 Å². The molecule has 0 fully saturated rings. The fourth-order valence-electron chi connectivity index (χ4n) is 1.86. The molecular weight excluding hydrogens is 176 g/mol. The summed E-state index contributed by atoms with van der Waals surface area (Å²) in [5, 5.41) is 0. The molecule has 0 amide bonds. The Morgan fingerprint density at radius 2 is 2.29 bits per heavy atom. The SMILES string of the molecule is c1ccc2c(c1)OCC2c1ncc[nH]1. The Morgan fingerprint density at radius 3 is 3.14 bits per heavy atom. The first-order valence-electron chi connectivity index (χ1n) is 4.66. The Hall–Kier alpha value is -1.77. The predicted octanol–water partition coefficient (Wildman–Crippen LogP) is 1.93. The highest BCUT2D eigenvalue weighted by Gasteiger charge is 2.26. The van der Waals surface area contributed by atoms with E-state index in [0.29, 0.717) is 6.61 Å². The number of fused-ring (bicyclic) bond motifs is 1. The molecule has 1 aromatic carbocycles. The fourth-order valence-corrected chi connectivity index (χ4v) is 1.86. The van der Waals surface area contributed by atoms with Crippen LogP contribution in [0.25, 0.3) is 0 Å². The van der Waals surface area contributed by atoms with Gasteiger partial charge < -0.3 is 9.72 Å². The van der Waals surface area contributed by atoms with Gasteiger partial charge in [0.05, 0.1) is 5.92 Å². The van der Waals surface area contributed by atoms with Crippen LogP contribution >= 0.6 is 0 Å². The summed E-state index contributed by atoms with van der Waals surface area (Å²) in [6.07, 6.45) is 3.62. The number of aromatic amines is 1. The molecule has 1 aliphatic rings. The standard InChI is InChI=1S/C11H10N2O/c1-2-4-10-8(3-1)9(7-14-10)11-12-5-6-13-11/h1-6,9H,7H2,(H,12,13). The van der Waals surface area contributed by atoms with Crippen molar-refractivity contribution < 1.29 is 4.74 Å². The maximum absolute atomic E-state index is 5.57. The number of para-hydroxylation sites is 1. The third kappa shape index (κ3) is 1.02. The van der Waals surface area contributed by atoms with Crippen LogP contribution in [0.3, 0.4) is 0 Å². The zero-order chi connectivity index (χ0) is 9.38. The lowest BCUT2D eigenvalue weighted by Gasteiger charge is -2.03. The van der Waals surface area contributed by atoms with E-state index in [9.17, 15) is 0 Å². The van der Waals surface area contributed by atoms with Crippen molar-refractivity contribution in [2.45, 2.75) is 5.92 Å². The van der Waals surface area contributed by atoms with Gasteiger partial charge in [-0.3, -0.25) is 0 Å². The van der Waals surface area contributed by atoms with E-state index < -0.39 is 0 Å². The molecule has 2 aromatic rings. The molecule has 0 bridgehead atoms. The molecule has 1 unspecified atom stereocenters. The maximum atomic E-state index is 5.57. The third-order valence-corrected chi connectivity index (χ3v) is 2.55. The summed E-state index contributed by atoms with van der Waals surface area (Å²) in [7, 11) is 0.